The number of ether oxygens (including phenoxy) is 2. The summed E-state index contributed by atoms with van der Waals surface area (Å²) in [7, 11) is -3.72. The maximum Gasteiger partial charge on any atom is 0.331 e. The van der Waals surface area contributed by atoms with Gasteiger partial charge in [0.15, 0.2) is 5.79 Å². The highest BCUT2D eigenvalue weighted by molar-refractivity contribution is 7.86. The Balaban J connectivity index is 2.30. The number of carbonyl (C=O) groups is 1. The lowest BCUT2D eigenvalue weighted by molar-refractivity contribution is -0.150. The predicted octanol–water partition coefficient (Wildman–Crippen LogP) is 0.266. The van der Waals surface area contributed by atoms with Crippen LogP contribution in [0.2, 0.25) is 0 Å². The molecule has 8 heteroatoms. The summed E-state index contributed by atoms with van der Waals surface area (Å²) in [5.74, 6) is -2.01. The molecule has 2 aliphatic rings. The molecule has 0 bridgehead atoms. The zero-order chi connectivity index (χ0) is 14.4. The minimum absolute atomic E-state index is 0.0659. The second-order valence-corrected chi connectivity index (χ2v) is 6.71. The molecular formula is C11H16O7S. The Morgan fingerprint density at radius 3 is 2.63 bits per heavy atom. The lowest BCUT2D eigenvalue weighted by Gasteiger charge is -2.28. The standard InChI is InChI=1S/C11H16O7S/c1-11(2)16-7-4-6(10(12)13)5-8(9(7)17-11)18-19(3,14)15/h5,7-9H,4H2,1-3H3,(H,12,13)/t7-,8?,9-/m1/s1. The van der Waals surface area contributed by atoms with Gasteiger partial charge in [0.1, 0.15) is 12.2 Å². The molecule has 1 N–H and O–H groups in total. The Morgan fingerprint density at radius 1 is 1.47 bits per heavy atom. The minimum Gasteiger partial charge on any atom is -0.478 e. The van der Waals surface area contributed by atoms with Crippen LogP contribution in [0.5, 0.6) is 0 Å². The monoisotopic (exact) mass is 292 g/mol. The van der Waals surface area contributed by atoms with E-state index in [1.807, 2.05) is 0 Å². The summed E-state index contributed by atoms with van der Waals surface area (Å²) in [6, 6.07) is 0. The van der Waals surface area contributed by atoms with Crippen molar-refractivity contribution in [1.82, 2.24) is 0 Å². The van der Waals surface area contributed by atoms with Crippen LogP contribution in [0.4, 0.5) is 0 Å². The van der Waals surface area contributed by atoms with E-state index < -0.39 is 40.2 Å². The van der Waals surface area contributed by atoms with Crippen molar-refractivity contribution in [3.63, 3.8) is 0 Å². The van der Waals surface area contributed by atoms with Crippen LogP contribution in [0.25, 0.3) is 0 Å². The lowest BCUT2D eigenvalue weighted by atomic mass is 9.92. The highest BCUT2D eigenvalue weighted by Gasteiger charge is 2.49. The van der Waals surface area contributed by atoms with Crippen molar-refractivity contribution in [3.8, 4) is 0 Å². The summed E-state index contributed by atoms with van der Waals surface area (Å²) in [6.07, 6.45) is 0.195. The molecule has 7 nitrogen and oxygen atoms in total. The van der Waals surface area contributed by atoms with Gasteiger partial charge in [-0.1, -0.05) is 0 Å². The number of hydrogen-bond donors (Lipinski definition) is 1. The van der Waals surface area contributed by atoms with E-state index in [1.54, 1.807) is 13.8 Å². The number of hydrogen-bond acceptors (Lipinski definition) is 6. The minimum atomic E-state index is -3.72. The van der Waals surface area contributed by atoms with Crippen molar-refractivity contribution in [2.24, 2.45) is 0 Å². The first-order valence-electron chi connectivity index (χ1n) is 5.75. The van der Waals surface area contributed by atoms with Crippen LogP contribution in [0.15, 0.2) is 11.6 Å². The lowest BCUT2D eigenvalue weighted by Crippen LogP contribution is -2.41. The Morgan fingerprint density at radius 2 is 2.11 bits per heavy atom. The zero-order valence-corrected chi connectivity index (χ0v) is 11.6. The molecule has 1 unspecified atom stereocenters. The van der Waals surface area contributed by atoms with E-state index in [0.29, 0.717) is 0 Å². The fraction of sp³-hybridized carbons (Fsp3) is 0.727. The topological polar surface area (TPSA) is 99.1 Å². The maximum atomic E-state index is 11.2. The average molecular weight is 292 g/mol. The molecule has 1 fully saturated rings. The van der Waals surface area contributed by atoms with Crippen molar-refractivity contribution in [3.05, 3.63) is 11.6 Å². The maximum absolute atomic E-state index is 11.2. The van der Waals surface area contributed by atoms with Crippen LogP contribution in [-0.2, 0) is 28.6 Å². The van der Waals surface area contributed by atoms with Crippen molar-refractivity contribution < 1.29 is 32.0 Å². The predicted molar refractivity (Wildman–Crippen MR) is 63.9 cm³/mol. The molecule has 0 aromatic heterocycles. The molecule has 1 aliphatic carbocycles. The molecule has 0 saturated carbocycles. The summed E-state index contributed by atoms with van der Waals surface area (Å²) in [6.45, 7) is 3.37. The SMILES string of the molecule is CC1(C)O[C@@H]2CC(C(=O)O)=CC(OS(C)(=O)=O)[C@@H]2O1. The molecule has 0 amide bonds. The fourth-order valence-corrected chi connectivity index (χ4v) is 2.89. The third-order valence-electron chi connectivity index (χ3n) is 2.89. The first-order chi connectivity index (χ1) is 8.57. The first kappa shape index (κ1) is 14.4. The van der Waals surface area contributed by atoms with E-state index in [-0.39, 0.29) is 12.0 Å². The summed E-state index contributed by atoms with van der Waals surface area (Å²) in [4.78, 5) is 11.0. The molecule has 1 saturated heterocycles. The number of carboxylic acid groups (broad SMARTS) is 1. The van der Waals surface area contributed by atoms with Gasteiger partial charge in [0.05, 0.1) is 12.4 Å². The smallest absolute Gasteiger partial charge is 0.331 e. The molecule has 2 rings (SSSR count). The zero-order valence-electron chi connectivity index (χ0n) is 10.8. The van der Waals surface area contributed by atoms with Gasteiger partial charge in [-0.2, -0.15) is 8.42 Å². The van der Waals surface area contributed by atoms with Gasteiger partial charge < -0.3 is 14.6 Å². The third-order valence-corrected chi connectivity index (χ3v) is 3.46. The highest BCUT2D eigenvalue weighted by atomic mass is 32.2. The largest absolute Gasteiger partial charge is 0.478 e. The quantitative estimate of drug-likeness (QED) is 0.745. The first-order valence-corrected chi connectivity index (χ1v) is 7.57. The molecule has 108 valence electrons. The van der Waals surface area contributed by atoms with Crippen LogP contribution in [0.3, 0.4) is 0 Å². The number of aliphatic carboxylic acids is 1. The van der Waals surface area contributed by atoms with Crippen molar-refractivity contribution >= 4 is 16.1 Å². The second kappa shape index (κ2) is 4.55. The Hall–Kier alpha value is -0.960. The van der Waals surface area contributed by atoms with Gasteiger partial charge in [-0.15, -0.1) is 0 Å². The molecule has 0 spiro atoms. The Bertz CT molecular complexity index is 519. The second-order valence-electron chi connectivity index (χ2n) is 5.10. The van der Waals surface area contributed by atoms with E-state index in [0.717, 1.165) is 6.26 Å². The van der Waals surface area contributed by atoms with Crippen molar-refractivity contribution in [2.45, 2.75) is 44.4 Å². The molecule has 0 aromatic carbocycles. The molecule has 19 heavy (non-hydrogen) atoms. The third kappa shape index (κ3) is 3.33. The van der Waals surface area contributed by atoms with Gasteiger partial charge >= 0.3 is 5.97 Å². The van der Waals surface area contributed by atoms with Crippen LogP contribution < -0.4 is 0 Å². The number of rotatable bonds is 3. The van der Waals surface area contributed by atoms with E-state index in [4.69, 9.17) is 18.8 Å². The molecule has 1 heterocycles. The normalized spacial score (nSPS) is 33.6. The summed E-state index contributed by atoms with van der Waals surface area (Å²) in [5.41, 5.74) is 0.0659. The van der Waals surface area contributed by atoms with Crippen molar-refractivity contribution in [2.75, 3.05) is 6.26 Å². The summed E-state index contributed by atoms with van der Waals surface area (Å²) in [5, 5.41) is 9.03. The van der Waals surface area contributed by atoms with Gasteiger partial charge in [-0.05, 0) is 19.9 Å². The molecule has 0 radical (unpaired) electrons. The van der Waals surface area contributed by atoms with Gasteiger partial charge in [-0.3, -0.25) is 4.18 Å². The number of carboxylic acids is 1. The molecule has 0 aromatic rings. The molecule has 1 aliphatic heterocycles. The van der Waals surface area contributed by atoms with Crippen molar-refractivity contribution in [1.29, 1.82) is 0 Å². The van der Waals surface area contributed by atoms with E-state index in [2.05, 4.69) is 0 Å². The molecule has 3 atom stereocenters. The summed E-state index contributed by atoms with van der Waals surface area (Å²) >= 11 is 0. The average Bonchev–Trinajstić information content (AvgIpc) is 2.49. The Labute approximate surface area is 111 Å². The Kier molecular flexibility index (Phi) is 3.46. The van der Waals surface area contributed by atoms with Gasteiger partial charge in [0, 0.05) is 12.0 Å². The van der Waals surface area contributed by atoms with Gasteiger partial charge in [-0.25, -0.2) is 4.79 Å². The van der Waals surface area contributed by atoms with E-state index >= 15 is 0 Å². The van der Waals surface area contributed by atoms with E-state index in [9.17, 15) is 13.2 Å². The fourth-order valence-electron chi connectivity index (χ4n) is 2.32. The number of fused-ring (bicyclic) bond motifs is 1. The summed E-state index contributed by atoms with van der Waals surface area (Å²) < 4.78 is 38.5. The van der Waals surface area contributed by atoms with Crippen LogP contribution >= 0.6 is 0 Å². The van der Waals surface area contributed by atoms with Crippen LogP contribution in [0.1, 0.15) is 20.3 Å². The van der Waals surface area contributed by atoms with Gasteiger partial charge in [0.25, 0.3) is 10.1 Å². The highest BCUT2D eigenvalue weighted by Crippen LogP contribution is 2.38. The van der Waals surface area contributed by atoms with Gasteiger partial charge in [0.2, 0.25) is 0 Å². The molecular weight excluding hydrogens is 276 g/mol. The van der Waals surface area contributed by atoms with Crippen LogP contribution in [-0.4, -0.2) is 49.8 Å². The van der Waals surface area contributed by atoms with E-state index in [1.165, 1.54) is 6.08 Å². The van der Waals surface area contributed by atoms with Crippen LogP contribution in [0, 0.1) is 0 Å².